The minimum absolute atomic E-state index is 0.0464. The molecule has 0 bridgehead atoms. The lowest BCUT2D eigenvalue weighted by Gasteiger charge is -2.22. The zero-order valence-electron chi connectivity index (χ0n) is 67.2. The predicted molar refractivity (Wildman–Crippen MR) is 489 cm³/mol. The molecule has 0 fully saturated rings. The average molecular weight is 1520 g/mol. The average Bonchev–Trinajstić information content (AvgIpc) is 1.63. The van der Waals surface area contributed by atoms with Crippen LogP contribution in [0.5, 0.6) is 0 Å². The van der Waals surface area contributed by atoms with Gasteiger partial charge in [-0.15, -0.1) is 0 Å². The number of benzene rings is 16. The summed E-state index contributed by atoms with van der Waals surface area (Å²) in [7, 11) is 0. The van der Waals surface area contributed by atoms with Crippen LogP contribution in [-0.2, 0) is 29.1 Å². The van der Waals surface area contributed by atoms with Gasteiger partial charge in [-0.05, 0) is 210 Å². The van der Waals surface area contributed by atoms with Crippen LogP contribution in [-0.4, -0.2) is 29.9 Å². The molecule has 0 N–H and O–H groups in total. The van der Waals surface area contributed by atoms with E-state index in [0.29, 0.717) is 34.9 Å². The third kappa shape index (κ3) is 11.9. The molecule has 6 nitrogen and oxygen atoms in total. The number of fused-ring (bicyclic) bond motifs is 15. The molecule has 0 saturated heterocycles. The van der Waals surface area contributed by atoms with Gasteiger partial charge in [0.25, 0.3) is 0 Å². The van der Waals surface area contributed by atoms with Gasteiger partial charge in [-0.1, -0.05) is 375 Å². The summed E-state index contributed by atoms with van der Waals surface area (Å²) in [5.74, 6) is 3.95. The first kappa shape index (κ1) is 71.1. The van der Waals surface area contributed by atoms with Crippen LogP contribution in [0.15, 0.2) is 364 Å². The Morgan fingerprint density at radius 3 is 0.706 bits per heavy atom. The lowest BCUT2D eigenvalue weighted by molar-refractivity contribution is 0.660. The van der Waals surface area contributed by atoms with Crippen LogP contribution in [0.25, 0.3) is 180 Å². The topological polar surface area (TPSA) is 77.3 Å². The van der Waals surface area contributed by atoms with Gasteiger partial charge in [0.05, 0.1) is 0 Å². The summed E-state index contributed by atoms with van der Waals surface area (Å²) in [5.41, 5.74) is 44.9. The summed E-state index contributed by atoms with van der Waals surface area (Å²) in [6, 6.07) is 131. The Labute approximate surface area is 695 Å². The molecule has 2 aromatic heterocycles. The standard InChI is InChI=1S/C58H43N3.C55H39N3/c1-57(2)50-25-10-8-19-44(50)46-29-27-37(32-52(46)57)41-22-14-24-43-42-23-13-21-40(48(42)34-49(41)43)36-17-12-18-38(31-36)55-59-54(35-15-6-5-7-16-35)60-56(61-55)39-28-30-47-45-20-9-11-26-51(45)58(3,4)53(47)33-39;1-55(2)50-25-10-9-20-46(50)47-31-30-40(33-51(47)55)43-22-13-24-45-44-23-12-21-42(48(44)34-49(43)45)39-18-11-19-41(32-39)54-57-52(37-16-7-4-8-17-37)56-53(58-54)38-28-26-36(27-29-38)35-14-5-3-6-15-35/h5-33H,34H2,1-4H3;3-33H,34H2,1-2H3. The Kier molecular flexibility index (Phi) is 16.7. The second-order valence-corrected chi connectivity index (χ2v) is 33.9. The molecular weight excluding hydrogens is 1440 g/mol. The first-order chi connectivity index (χ1) is 58.2. The lowest BCUT2D eigenvalue weighted by atomic mass is 9.81. The van der Waals surface area contributed by atoms with Crippen molar-refractivity contribution in [3.8, 4) is 180 Å². The fraction of sp³-hybridized carbons (Fsp3) is 0.0973. The molecule has 5 aliphatic carbocycles. The van der Waals surface area contributed by atoms with Crippen molar-refractivity contribution >= 4 is 0 Å². The van der Waals surface area contributed by atoms with E-state index >= 15 is 0 Å². The Morgan fingerprint density at radius 2 is 0.353 bits per heavy atom. The molecule has 18 aromatic rings. The molecular formula is C113H82N6. The summed E-state index contributed by atoms with van der Waals surface area (Å²) in [5, 5.41) is 0. The molecule has 0 aliphatic heterocycles. The third-order valence-corrected chi connectivity index (χ3v) is 26.1. The van der Waals surface area contributed by atoms with Gasteiger partial charge in [0, 0.05) is 49.6 Å². The molecule has 5 aliphatic rings. The number of nitrogens with zero attached hydrogens (tertiary/aromatic N) is 6. The number of hydrogen-bond acceptors (Lipinski definition) is 6. The monoisotopic (exact) mass is 1520 g/mol. The third-order valence-electron chi connectivity index (χ3n) is 26.1. The van der Waals surface area contributed by atoms with Crippen LogP contribution in [0.2, 0.25) is 0 Å². The van der Waals surface area contributed by atoms with E-state index in [1.165, 1.54) is 150 Å². The van der Waals surface area contributed by atoms with Crippen molar-refractivity contribution in [3.05, 3.63) is 420 Å². The molecule has 0 unspecified atom stereocenters. The van der Waals surface area contributed by atoms with Crippen molar-refractivity contribution < 1.29 is 0 Å². The zero-order valence-corrected chi connectivity index (χ0v) is 67.2. The van der Waals surface area contributed by atoms with Crippen LogP contribution >= 0.6 is 0 Å². The van der Waals surface area contributed by atoms with E-state index in [1.54, 1.807) is 0 Å². The Hall–Kier alpha value is -14.5. The van der Waals surface area contributed by atoms with Gasteiger partial charge in [-0.2, -0.15) is 0 Å². The SMILES string of the molecule is CC1(C)c2ccccc2-c2ccc(-c3cccc4c3Cc3c(-c5cccc(-c6nc(-c7ccccc7)nc(-c7ccc(-c8ccccc8)cc7)n6)c5)cccc3-4)cc21.CC1(C)c2ccccc2-c2ccc(-c3nc(-c4ccccc4)nc(-c4cccc(-c5cccc6c5Cc5c(-c7ccc8c(c7)C(C)(C)c7ccccc7-8)cccc5-6)c4)n3)cc21. The minimum atomic E-state index is -0.130. The van der Waals surface area contributed by atoms with E-state index in [-0.39, 0.29) is 16.2 Å². The van der Waals surface area contributed by atoms with Gasteiger partial charge in [-0.3, -0.25) is 0 Å². The fourth-order valence-electron chi connectivity index (χ4n) is 19.9. The van der Waals surface area contributed by atoms with Crippen LogP contribution in [0, 0.1) is 0 Å². The first-order valence-electron chi connectivity index (χ1n) is 41.5. The summed E-state index contributed by atoms with van der Waals surface area (Å²) in [4.78, 5) is 30.7. The van der Waals surface area contributed by atoms with E-state index in [1.807, 2.05) is 42.5 Å². The normalized spacial score (nSPS) is 13.8. The number of rotatable bonds is 11. The van der Waals surface area contributed by atoms with Gasteiger partial charge in [-0.25, -0.2) is 29.9 Å². The zero-order chi connectivity index (χ0) is 79.8. The maximum Gasteiger partial charge on any atom is 0.164 e. The fourth-order valence-corrected chi connectivity index (χ4v) is 19.9. The summed E-state index contributed by atoms with van der Waals surface area (Å²) in [6.07, 6.45) is 1.74. The maximum atomic E-state index is 5.23. The quantitative estimate of drug-likeness (QED) is 0.128. The number of aromatic nitrogens is 6. The van der Waals surface area contributed by atoms with Gasteiger partial charge in [0.1, 0.15) is 0 Å². The van der Waals surface area contributed by atoms with Gasteiger partial charge < -0.3 is 0 Å². The Morgan fingerprint density at radius 1 is 0.151 bits per heavy atom. The molecule has 0 spiro atoms. The minimum Gasteiger partial charge on any atom is -0.208 e. The van der Waals surface area contributed by atoms with Crippen LogP contribution in [0.3, 0.4) is 0 Å². The number of hydrogen-bond donors (Lipinski definition) is 0. The van der Waals surface area contributed by atoms with Crippen molar-refractivity contribution in [2.24, 2.45) is 0 Å². The van der Waals surface area contributed by atoms with Crippen molar-refractivity contribution in [1.29, 1.82) is 0 Å². The van der Waals surface area contributed by atoms with Crippen molar-refractivity contribution in [2.75, 3.05) is 0 Å². The van der Waals surface area contributed by atoms with E-state index in [4.69, 9.17) is 29.9 Å². The van der Waals surface area contributed by atoms with Crippen molar-refractivity contribution in [1.82, 2.24) is 29.9 Å². The van der Waals surface area contributed by atoms with E-state index in [2.05, 4.69) is 363 Å². The molecule has 23 rings (SSSR count). The van der Waals surface area contributed by atoms with Gasteiger partial charge >= 0.3 is 0 Å². The molecule has 0 radical (unpaired) electrons. The summed E-state index contributed by atoms with van der Waals surface area (Å²) < 4.78 is 0. The maximum absolute atomic E-state index is 5.23. The molecule has 0 amide bonds. The van der Waals surface area contributed by atoms with Gasteiger partial charge in [0.2, 0.25) is 0 Å². The highest BCUT2D eigenvalue weighted by Crippen LogP contribution is 2.55. The Bertz CT molecular complexity index is 7170. The molecule has 119 heavy (non-hydrogen) atoms. The summed E-state index contributed by atoms with van der Waals surface area (Å²) in [6.45, 7) is 14.1. The molecule has 16 aromatic carbocycles. The highest BCUT2D eigenvalue weighted by molar-refractivity contribution is 5.95. The molecule has 6 heteroatoms. The molecule has 0 atom stereocenters. The van der Waals surface area contributed by atoms with Crippen LogP contribution in [0.1, 0.15) is 97.2 Å². The van der Waals surface area contributed by atoms with Gasteiger partial charge in [0.15, 0.2) is 34.9 Å². The van der Waals surface area contributed by atoms with Crippen LogP contribution in [0.4, 0.5) is 0 Å². The van der Waals surface area contributed by atoms with Crippen LogP contribution < -0.4 is 0 Å². The van der Waals surface area contributed by atoms with E-state index in [9.17, 15) is 0 Å². The molecule has 0 saturated carbocycles. The lowest BCUT2D eigenvalue weighted by Crippen LogP contribution is -2.15. The molecule has 2 heterocycles. The van der Waals surface area contributed by atoms with E-state index in [0.717, 1.165) is 62.9 Å². The Balaban J connectivity index is 0.000000143. The molecule has 564 valence electrons. The predicted octanol–water partition coefficient (Wildman–Crippen LogP) is 28.1. The van der Waals surface area contributed by atoms with Crippen molar-refractivity contribution in [2.45, 2.75) is 70.6 Å². The first-order valence-corrected chi connectivity index (χ1v) is 41.5. The summed E-state index contributed by atoms with van der Waals surface area (Å²) >= 11 is 0. The largest absolute Gasteiger partial charge is 0.208 e. The van der Waals surface area contributed by atoms with E-state index < -0.39 is 0 Å². The smallest absolute Gasteiger partial charge is 0.164 e. The van der Waals surface area contributed by atoms with Crippen molar-refractivity contribution in [3.63, 3.8) is 0 Å². The highest BCUT2D eigenvalue weighted by atomic mass is 15.0. The highest BCUT2D eigenvalue weighted by Gasteiger charge is 2.39. The second kappa shape index (κ2) is 27.9. The second-order valence-electron chi connectivity index (χ2n) is 33.9.